The second kappa shape index (κ2) is 9.01. The highest BCUT2D eigenvalue weighted by Crippen LogP contribution is 2.15. The third-order valence-electron chi connectivity index (χ3n) is 3.61. The van der Waals surface area contributed by atoms with Gasteiger partial charge in [0.1, 0.15) is 6.07 Å². The van der Waals surface area contributed by atoms with Gasteiger partial charge in [0.15, 0.2) is 6.10 Å². The largest absolute Gasteiger partial charge is 0.449 e. The molecule has 0 bridgehead atoms. The van der Waals surface area contributed by atoms with Crippen molar-refractivity contribution in [1.82, 2.24) is 5.32 Å². The Hall–Kier alpha value is -3.86. The molecule has 138 valence electrons. The minimum Gasteiger partial charge on any atom is -0.449 e. The standard InChI is InChI=1S/C19H18N4O4/c1-12(17(24)23-16-5-3-2-4-15(16)10-20)27-18(25)14-8-6-13(7-9-14)11-22-19(21)26/h2-9,12H,11H2,1H3,(H,23,24)(H3,21,22,26)/t12-/m0/s1. The summed E-state index contributed by atoms with van der Waals surface area (Å²) in [6, 6.07) is 14.2. The number of carbonyl (C=O) groups is 3. The van der Waals surface area contributed by atoms with Crippen LogP contribution in [0.5, 0.6) is 0 Å². The molecule has 0 aliphatic carbocycles. The van der Waals surface area contributed by atoms with E-state index in [0.29, 0.717) is 11.3 Å². The number of nitriles is 1. The van der Waals surface area contributed by atoms with E-state index in [0.717, 1.165) is 5.56 Å². The Morgan fingerprint density at radius 1 is 1.15 bits per heavy atom. The number of amides is 3. The molecule has 2 aromatic carbocycles. The number of esters is 1. The maximum absolute atomic E-state index is 12.2. The number of anilines is 1. The Morgan fingerprint density at radius 3 is 2.44 bits per heavy atom. The second-order valence-corrected chi connectivity index (χ2v) is 5.61. The number of ether oxygens (including phenoxy) is 1. The second-order valence-electron chi connectivity index (χ2n) is 5.61. The first-order chi connectivity index (χ1) is 12.9. The van der Waals surface area contributed by atoms with Crippen molar-refractivity contribution in [2.45, 2.75) is 19.6 Å². The third kappa shape index (κ3) is 5.57. The van der Waals surface area contributed by atoms with Crippen LogP contribution in [0.15, 0.2) is 48.5 Å². The number of benzene rings is 2. The number of carbonyl (C=O) groups excluding carboxylic acids is 3. The highest BCUT2D eigenvalue weighted by molar-refractivity contribution is 5.98. The van der Waals surface area contributed by atoms with E-state index in [1.807, 2.05) is 6.07 Å². The number of rotatable bonds is 6. The zero-order valence-electron chi connectivity index (χ0n) is 14.6. The summed E-state index contributed by atoms with van der Waals surface area (Å²) in [4.78, 5) is 35.1. The molecule has 0 fully saturated rings. The molecule has 27 heavy (non-hydrogen) atoms. The Labute approximate surface area is 155 Å². The van der Waals surface area contributed by atoms with Crippen molar-refractivity contribution in [2.75, 3.05) is 5.32 Å². The minimum atomic E-state index is -1.06. The minimum absolute atomic E-state index is 0.238. The average Bonchev–Trinajstić information content (AvgIpc) is 2.67. The van der Waals surface area contributed by atoms with Crippen LogP contribution in [-0.4, -0.2) is 24.0 Å². The van der Waals surface area contributed by atoms with Crippen LogP contribution in [0.25, 0.3) is 0 Å². The molecule has 0 unspecified atom stereocenters. The van der Waals surface area contributed by atoms with E-state index in [2.05, 4.69) is 10.6 Å². The zero-order valence-corrected chi connectivity index (χ0v) is 14.6. The van der Waals surface area contributed by atoms with Crippen molar-refractivity contribution in [3.63, 3.8) is 0 Å². The first-order valence-electron chi connectivity index (χ1n) is 8.04. The van der Waals surface area contributed by atoms with E-state index in [1.54, 1.807) is 36.4 Å². The molecular formula is C19H18N4O4. The van der Waals surface area contributed by atoms with Crippen LogP contribution in [0.1, 0.15) is 28.4 Å². The monoisotopic (exact) mass is 366 g/mol. The Bertz CT molecular complexity index is 887. The summed E-state index contributed by atoms with van der Waals surface area (Å²) in [5.41, 5.74) is 6.66. The van der Waals surface area contributed by atoms with Gasteiger partial charge in [-0.3, -0.25) is 4.79 Å². The summed E-state index contributed by atoms with van der Waals surface area (Å²) >= 11 is 0. The van der Waals surface area contributed by atoms with Gasteiger partial charge in [0.25, 0.3) is 5.91 Å². The Morgan fingerprint density at radius 2 is 1.81 bits per heavy atom. The number of urea groups is 1. The smallest absolute Gasteiger partial charge is 0.338 e. The Kier molecular flexibility index (Phi) is 6.49. The van der Waals surface area contributed by atoms with Gasteiger partial charge < -0.3 is 21.1 Å². The van der Waals surface area contributed by atoms with E-state index >= 15 is 0 Å². The van der Waals surface area contributed by atoms with Crippen molar-refractivity contribution >= 4 is 23.6 Å². The summed E-state index contributed by atoms with van der Waals surface area (Å²) in [7, 11) is 0. The van der Waals surface area contributed by atoms with E-state index in [4.69, 9.17) is 15.7 Å². The van der Waals surface area contributed by atoms with E-state index < -0.39 is 24.0 Å². The molecule has 0 aliphatic heterocycles. The van der Waals surface area contributed by atoms with Crippen LogP contribution in [0.3, 0.4) is 0 Å². The highest BCUT2D eigenvalue weighted by Gasteiger charge is 2.20. The summed E-state index contributed by atoms with van der Waals surface area (Å²) in [6.45, 7) is 1.68. The molecule has 4 N–H and O–H groups in total. The van der Waals surface area contributed by atoms with Gasteiger partial charge >= 0.3 is 12.0 Å². The lowest BCUT2D eigenvalue weighted by atomic mass is 10.1. The van der Waals surface area contributed by atoms with Crippen molar-refractivity contribution < 1.29 is 19.1 Å². The molecule has 1 atom stereocenters. The molecule has 8 nitrogen and oxygen atoms in total. The lowest BCUT2D eigenvalue weighted by Gasteiger charge is -2.14. The van der Waals surface area contributed by atoms with Crippen LogP contribution >= 0.6 is 0 Å². The molecule has 0 spiro atoms. The first-order valence-corrected chi connectivity index (χ1v) is 8.04. The highest BCUT2D eigenvalue weighted by atomic mass is 16.5. The van der Waals surface area contributed by atoms with Gasteiger partial charge in [0.05, 0.1) is 16.8 Å². The molecule has 0 aromatic heterocycles. The van der Waals surface area contributed by atoms with Crippen LogP contribution < -0.4 is 16.4 Å². The van der Waals surface area contributed by atoms with E-state index in [9.17, 15) is 14.4 Å². The number of primary amides is 1. The van der Waals surface area contributed by atoms with Crippen LogP contribution in [0, 0.1) is 11.3 Å². The molecule has 8 heteroatoms. The van der Waals surface area contributed by atoms with Gasteiger partial charge in [-0.2, -0.15) is 5.26 Å². The van der Waals surface area contributed by atoms with Crippen LogP contribution in [-0.2, 0) is 16.1 Å². The number of nitrogens with one attached hydrogen (secondary N) is 2. The van der Waals surface area contributed by atoms with Crippen LogP contribution in [0.4, 0.5) is 10.5 Å². The summed E-state index contributed by atoms with van der Waals surface area (Å²) in [5, 5.41) is 14.0. The third-order valence-corrected chi connectivity index (χ3v) is 3.61. The Balaban J connectivity index is 1.95. The number of nitrogens with zero attached hydrogens (tertiary/aromatic N) is 1. The molecule has 0 saturated carbocycles. The molecule has 2 rings (SSSR count). The van der Waals surface area contributed by atoms with Gasteiger partial charge in [-0.25, -0.2) is 9.59 Å². The van der Waals surface area contributed by atoms with Gasteiger partial charge in [0.2, 0.25) is 0 Å². The van der Waals surface area contributed by atoms with Gasteiger partial charge in [0, 0.05) is 6.54 Å². The first kappa shape index (κ1) is 19.5. The molecule has 0 aliphatic rings. The van der Waals surface area contributed by atoms with Crippen molar-refractivity contribution in [2.24, 2.45) is 5.73 Å². The fraction of sp³-hybridized carbons (Fsp3) is 0.158. The van der Waals surface area contributed by atoms with Gasteiger partial charge in [-0.15, -0.1) is 0 Å². The topological polar surface area (TPSA) is 134 Å². The van der Waals surface area contributed by atoms with Crippen molar-refractivity contribution in [1.29, 1.82) is 5.26 Å². The molecule has 3 amide bonds. The maximum atomic E-state index is 12.2. The summed E-state index contributed by atoms with van der Waals surface area (Å²) in [5.74, 6) is -1.21. The quantitative estimate of drug-likeness (QED) is 0.671. The number of hydrogen-bond donors (Lipinski definition) is 3. The fourth-order valence-electron chi connectivity index (χ4n) is 2.15. The average molecular weight is 366 g/mol. The predicted molar refractivity (Wildman–Crippen MR) is 97.5 cm³/mol. The summed E-state index contributed by atoms with van der Waals surface area (Å²) in [6.07, 6.45) is -1.06. The number of hydrogen-bond acceptors (Lipinski definition) is 5. The van der Waals surface area contributed by atoms with Gasteiger partial charge in [-0.1, -0.05) is 24.3 Å². The number of para-hydroxylation sites is 1. The van der Waals surface area contributed by atoms with Crippen molar-refractivity contribution in [3.05, 3.63) is 65.2 Å². The van der Waals surface area contributed by atoms with E-state index in [1.165, 1.54) is 19.1 Å². The zero-order chi connectivity index (χ0) is 19.8. The summed E-state index contributed by atoms with van der Waals surface area (Å²) < 4.78 is 5.16. The molecule has 0 heterocycles. The lowest BCUT2D eigenvalue weighted by molar-refractivity contribution is -0.123. The molecular weight excluding hydrogens is 348 g/mol. The maximum Gasteiger partial charge on any atom is 0.338 e. The normalized spacial score (nSPS) is 11.0. The van der Waals surface area contributed by atoms with Gasteiger partial charge in [-0.05, 0) is 36.8 Å². The predicted octanol–water partition coefficient (Wildman–Crippen LogP) is 1.91. The molecule has 2 aromatic rings. The molecule has 0 saturated heterocycles. The van der Waals surface area contributed by atoms with E-state index in [-0.39, 0.29) is 12.1 Å². The van der Waals surface area contributed by atoms with Crippen molar-refractivity contribution in [3.8, 4) is 6.07 Å². The van der Waals surface area contributed by atoms with Crippen LogP contribution in [0.2, 0.25) is 0 Å². The fourth-order valence-corrected chi connectivity index (χ4v) is 2.15. The number of nitrogens with two attached hydrogens (primary N) is 1. The molecule has 0 radical (unpaired) electrons. The lowest BCUT2D eigenvalue weighted by Crippen LogP contribution is -2.30. The SMILES string of the molecule is C[C@H](OC(=O)c1ccc(CNC(N)=O)cc1)C(=O)Nc1ccccc1C#N.